The van der Waals surface area contributed by atoms with E-state index in [9.17, 15) is 8.42 Å². The maximum Gasteiger partial charge on any atom is 0.244 e. The number of sulfonamides is 1. The van der Waals surface area contributed by atoms with Gasteiger partial charge >= 0.3 is 0 Å². The molecule has 106 valence electrons. The van der Waals surface area contributed by atoms with Crippen molar-refractivity contribution in [3.63, 3.8) is 0 Å². The first kappa shape index (κ1) is 15.3. The molecule has 0 N–H and O–H groups in total. The molecular formula is C13H17BrClNO2S. The van der Waals surface area contributed by atoms with E-state index in [4.69, 9.17) is 11.6 Å². The number of rotatable bonds is 3. The highest BCUT2D eigenvalue weighted by atomic mass is 79.9. The van der Waals surface area contributed by atoms with Gasteiger partial charge in [0, 0.05) is 23.4 Å². The molecule has 19 heavy (non-hydrogen) atoms. The van der Waals surface area contributed by atoms with Gasteiger partial charge in [0.25, 0.3) is 0 Å². The second kappa shape index (κ2) is 6.12. The maximum absolute atomic E-state index is 12.6. The van der Waals surface area contributed by atoms with E-state index in [0.717, 1.165) is 18.4 Å². The van der Waals surface area contributed by atoms with Crippen LogP contribution in [0.5, 0.6) is 0 Å². The van der Waals surface area contributed by atoms with E-state index in [1.54, 1.807) is 22.5 Å². The van der Waals surface area contributed by atoms with Crippen LogP contribution in [0.15, 0.2) is 27.6 Å². The Balaban J connectivity index is 2.33. The molecule has 3 nitrogen and oxygen atoms in total. The average Bonchev–Trinajstić information content (AvgIpc) is 2.38. The molecule has 1 saturated heterocycles. The van der Waals surface area contributed by atoms with Crippen molar-refractivity contribution >= 4 is 37.6 Å². The number of halogens is 2. The second-order valence-electron chi connectivity index (χ2n) is 5.01. The zero-order valence-electron chi connectivity index (χ0n) is 10.8. The average molecular weight is 367 g/mol. The Kier molecular flexibility index (Phi) is 4.93. The highest BCUT2D eigenvalue weighted by molar-refractivity contribution is 9.10. The van der Waals surface area contributed by atoms with Crippen molar-refractivity contribution < 1.29 is 8.42 Å². The predicted molar refractivity (Wildman–Crippen MR) is 80.9 cm³/mol. The van der Waals surface area contributed by atoms with Crippen molar-refractivity contribution in [2.24, 2.45) is 5.92 Å². The number of hydrogen-bond donors (Lipinski definition) is 0. The number of benzene rings is 1. The third kappa shape index (κ3) is 3.32. The van der Waals surface area contributed by atoms with Gasteiger partial charge in [0.2, 0.25) is 10.0 Å². The minimum Gasteiger partial charge on any atom is -0.207 e. The summed E-state index contributed by atoms with van der Waals surface area (Å²) in [6, 6.07) is 5.17. The lowest BCUT2D eigenvalue weighted by Gasteiger charge is -2.30. The van der Waals surface area contributed by atoms with Crippen LogP contribution in [0.4, 0.5) is 0 Å². The van der Waals surface area contributed by atoms with E-state index in [1.165, 1.54) is 0 Å². The summed E-state index contributed by atoms with van der Waals surface area (Å²) in [5.74, 6) is 0.795. The molecule has 0 radical (unpaired) electrons. The lowest BCUT2D eigenvalue weighted by atomic mass is 10.0. The zero-order chi connectivity index (χ0) is 14.0. The number of piperidine rings is 1. The van der Waals surface area contributed by atoms with E-state index in [-0.39, 0.29) is 0 Å². The fraction of sp³-hybridized carbons (Fsp3) is 0.538. The first-order chi connectivity index (χ1) is 8.95. The number of alkyl halides is 1. The smallest absolute Gasteiger partial charge is 0.207 e. The Morgan fingerprint density at radius 3 is 2.79 bits per heavy atom. The van der Waals surface area contributed by atoms with Gasteiger partial charge in [-0.1, -0.05) is 13.0 Å². The SMILES string of the molecule is CC1CCCN(S(=O)(=O)c2ccc(CCl)cc2Br)C1. The minimum absolute atomic E-state index is 0.329. The van der Waals surface area contributed by atoms with Gasteiger partial charge in [-0.25, -0.2) is 8.42 Å². The Morgan fingerprint density at radius 2 is 2.21 bits per heavy atom. The molecule has 1 aliphatic heterocycles. The van der Waals surface area contributed by atoms with E-state index in [0.29, 0.717) is 34.3 Å². The molecular weight excluding hydrogens is 350 g/mol. The van der Waals surface area contributed by atoms with Gasteiger partial charge in [-0.05, 0) is 52.4 Å². The van der Waals surface area contributed by atoms with Crippen molar-refractivity contribution in [3.8, 4) is 0 Å². The maximum atomic E-state index is 12.6. The fourth-order valence-electron chi connectivity index (χ4n) is 2.34. The van der Waals surface area contributed by atoms with Crippen LogP contribution in [0.2, 0.25) is 0 Å². The summed E-state index contributed by atoms with van der Waals surface area (Å²) in [4.78, 5) is 0.329. The topological polar surface area (TPSA) is 37.4 Å². The lowest BCUT2D eigenvalue weighted by molar-refractivity contribution is 0.281. The van der Waals surface area contributed by atoms with E-state index >= 15 is 0 Å². The second-order valence-corrected chi connectivity index (χ2v) is 8.04. The molecule has 0 aromatic heterocycles. The summed E-state index contributed by atoms with van der Waals surface area (Å²) in [7, 11) is -3.41. The molecule has 1 aromatic carbocycles. The molecule has 2 rings (SSSR count). The third-order valence-electron chi connectivity index (χ3n) is 3.39. The van der Waals surface area contributed by atoms with Gasteiger partial charge in [-0.15, -0.1) is 11.6 Å². The van der Waals surface area contributed by atoms with Crippen molar-refractivity contribution in [2.75, 3.05) is 13.1 Å². The summed E-state index contributed by atoms with van der Waals surface area (Å²) in [6.45, 7) is 3.30. The van der Waals surface area contributed by atoms with E-state index < -0.39 is 10.0 Å². The first-order valence-corrected chi connectivity index (χ1v) is 9.06. The molecule has 0 saturated carbocycles. The van der Waals surface area contributed by atoms with Crippen LogP contribution >= 0.6 is 27.5 Å². The number of hydrogen-bond acceptors (Lipinski definition) is 2. The summed E-state index contributed by atoms with van der Waals surface area (Å²) < 4.78 is 27.4. The molecule has 1 aliphatic rings. The Labute approximate surface area is 128 Å². The third-order valence-corrected chi connectivity index (χ3v) is 6.54. The molecule has 1 fully saturated rings. The monoisotopic (exact) mass is 365 g/mol. The van der Waals surface area contributed by atoms with Gasteiger partial charge in [-0.2, -0.15) is 4.31 Å². The Bertz CT molecular complexity index is 562. The molecule has 1 atom stereocenters. The predicted octanol–water partition coefficient (Wildman–Crippen LogP) is 3.61. The summed E-state index contributed by atoms with van der Waals surface area (Å²) in [5, 5.41) is 0. The van der Waals surface area contributed by atoms with Crippen molar-refractivity contribution in [1.82, 2.24) is 4.31 Å². The van der Waals surface area contributed by atoms with Crippen molar-refractivity contribution in [2.45, 2.75) is 30.5 Å². The fourth-order valence-corrected chi connectivity index (χ4v) is 5.19. The normalized spacial score (nSPS) is 21.5. The molecule has 0 amide bonds. The zero-order valence-corrected chi connectivity index (χ0v) is 13.9. The molecule has 0 bridgehead atoms. The van der Waals surface area contributed by atoms with Gasteiger partial charge in [0.05, 0.1) is 4.90 Å². The highest BCUT2D eigenvalue weighted by Gasteiger charge is 2.30. The lowest BCUT2D eigenvalue weighted by Crippen LogP contribution is -2.39. The van der Waals surface area contributed by atoms with Crippen LogP contribution in [0.3, 0.4) is 0 Å². The van der Waals surface area contributed by atoms with Gasteiger partial charge in [0.1, 0.15) is 0 Å². The van der Waals surface area contributed by atoms with Crippen LogP contribution in [0.25, 0.3) is 0 Å². The van der Waals surface area contributed by atoms with Crippen LogP contribution in [0, 0.1) is 5.92 Å². The summed E-state index contributed by atoms with van der Waals surface area (Å²) in [5.41, 5.74) is 0.902. The van der Waals surface area contributed by atoms with Gasteiger partial charge < -0.3 is 0 Å². The van der Waals surface area contributed by atoms with Gasteiger partial charge in [-0.3, -0.25) is 0 Å². The van der Waals surface area contributed by atoms with Crippen LogP contribution in [-0.4, -0.2) is 25.8 Å². The van der Waals surface area contributed by atoms with Crippen LogP contribution < -0.4 is 0 Å². The molecule has 6 heteroatoms. The largest absolute Gasteiger partial charge is 0.244 e. The standard InChI is InChI=1S/C13H17BrClNO2S/c1-10-3-2-6-16(9-10)19(17,18)13-5-4-11(8-15)7-12(13)14/h4-5,7,10H,2-3,6,8-9H2,1H3. The van der Waals surface area contributed by atoms with Crippen LogP contribution in [0.1, 0.15) is 25.3 Å². The highest BCUT2D eigenvalue weighted by Crippen LogP contribution is 2.29. The molecule has 0 aliphatic carbocycles. The summed E-state index contributed by atoms with van der Waals surface area (Å²) >= 11 is 9.09. The van der Waals surface area contributed by atoms with Gasteiger partial charge in [0.15, 0.2) is 0 Å². The van der Waals surface area contributed by atoms with Crippen molar-refractivity contribution in [1.29, 1.82) is 0 Å². The van der Waals surface area contributed by atoms with E-state index in [1.807, 2.05) is 0 Å². The quantitative estimate of drug-likeness (QED) is 0.766. The number of nitrogens with zero attached hydrogens (tertiary/aromatic N) is 1. The van der Waals surface area contributed by atoms with E-state index in [2.05, 4.69) is 22.9 Å². The molecule has 1 heterocycles. The first-order valence-electron chi connectivity index (χ1n) is 6.29. The van der Waals surface area contributed by atoms with Crippen molar-refractivity contribution in [3.05, 3.63) is 28.2 Å². The molecule has 0 spiro atoms. The van der Waals surface area contributed by atoms with Crippen LogP contribution in [-0.2, 0) is 15.9 Å². The Morgan fingerprint density at radius 1 is 1.47 bits per heavy atom. The Hall–Kier alpha value is -0.100. The summed E-state index contributed by atoms with van der Waals surface area (Å²) in [6.07, 6.45) is 2.02. The molecule has 1 unspecified atom stereocenters. The molecule has 1 aromatic rings. The minimum atomic E-state index is -3.41.